The number of carbonyl (C=O) groups excluding carboxylic acids is 1. The summed E-state index contributed by atoms with van der Waals surface area (Å²) in [6, 6.07) is 5.62. The number of aromatic nitrogens is 3. The number of furan rings is 1. The summed E-state index contributed by atoms with van der Waals surface area (Å²) in [7, 11) is 1.86. The minimum atomic E-state index is -0.0338. The van der Waals surface area contributed by atoms with Crippen LogP contribution < -0.4 is 5.32 Å². The second kappa shape index (κ2) is 6.74. The van der Waals surface area contributed by atoms with Crippen LogP contribution in [-0.4, -0.2) is 20.8 Å². The minimum Gasteiger partial charge on any atom is -0.458 e. The molecule has 0 atom stereocenters. The van der Waals surface area contributed by atoms with Gasteiger partial charge in [-0.2, -0.15) is 5.10 Å². The van der Waals surface area contributed by atoms with Gasteiger partial charge in [-0.1, -0.05) is 5.16 Å². The lowest BCUT2D eigenvalue weighted by Crippen LogP contribution is -2.22. The molecule has 0 saturated carbocycles. The highest BCUT2D eigenvalue weighted by atomic mass is 16.5. The minimum absolute atomic E-state index is 0.0338. The van der Waals surface area contributed by atoms with Crippen LogP contribution in [0.15, 0.2) is 33.3 Å². The third-order valence-electron chi connectivity index (χ3n) is 3.98. The van der Waals surface area contributed by atoms with E-state index in [0.29, 0.717) is 25.1 Å². The van der Waals surface area contributed by atoms with Gasteiger partial charge >= 0.3 is 0 Å². The number of nitrogens with zero attached hydrogens (tertiary/aromatic N) is 3. The average Bonchev–Trinajstić information content (AvgIpc) is 3.25. The number of nitrogens with one attached hydrogen (secondary N) is 1. The van der Waals surface area contributed by atoms with Gasteiger partial charge in [-0.3, -0.25) is 9.48 Å². The molecule has 7 nitrogen and oxygen atoms in total. The molecular weight excluding hydrogens is 308 g/mol. The van der Waals surface area contributed by atoms with E-state index in [4.69, 9.17) is 8.94 Å². The second-order valence-corrected chi connectivity index (χ2v) is 5.69. The Morgan fingerprint density at radius 3 is 2.79 bits per heavy atom. The Labute approximate surface area is 139 Å². The average molecular weight is 328 g/mol. The molecule has 1 amide bonds. The highest BCUT2D eigenvalue weighted by molar-refractivity contribution is 5.76. The molecule has 24 heavy (non-hydrogen) atoms. The van der Waals surface area contributed by atoms with Crippen molar-refractivity contribution in [2.45, 2.75) is 33.2 Å². The van der Waals surface area contributed by atoms with Gasteiger partial charge in [-0.15, -0.1) is 0 Å². The van der Waals surface area contributed by atoms with Crippen LogP contribution >= 0.6 is 0 Å². The number of aryl methyl sites for hydroxylation is 3. The van der Waals surface area contributed by atoms with Crippen molar-refractivity contribution in [1.29, 1.82) is 0 Å². The summed E-state index contributed by atoms with van der Waals surface area (Å²) in [4.78, 5) is 12.0. The van der Waals surface area contributed by atoms with Crippen LogP contribution in [-0.2, 0) is 24.8 Å². The maximum absolute atomic E-state index is 12.0. The third kappa shape index (κ3) is 3.40. The van der Waals surface area contributed by atoms with Gasteiger partial charge in [0.25, 0.3) is 0 Å². The first-order chi connectivity index (χ1) is 11.5. The topological polar surface area (TPSA) is 86.1 Å². The maximum Gasteiger partial charge on any atom is 0.220 e. The predicted octanol–water partition coefficient (Wildman–Crippen LogP) is 2.53. The number of hydrogen-bond acceptors (Lipinski definition) is 5. The van der Waals surface area contributed by atoms with E-state index in [0.717, 1.165) is 28.5 Å². The van der Waals surface area contributed by atoms with Gasteiger partial charge < -0.3 is 14.3 Å². The van der Waals surface area contributed by atoms with E-state index < -0.39 is 0 Å². The molecule has 0 fully saturated rings. The quantitative estimate of drug-likeness (QED) is 0.751. The zero-order valence-electron chi connectivity index (χ0n) is 14.0. The molecule has 3 heterocycles. The summed E-state index contributed by atoms with van der Waals surface area (Å²) >= 11 is 0. The maximum atomic E-state index is 12.0. The first-order valence-corrected chi connectivity index (χ1v) is 7.80. The fourth-order valence-corrected chi connectivity index (χ4v) is 2.60. The summed E-state index contributed by atoms with van der Waals surface area (Å²) in [5, 5.41) is 10.9. The van der Waals surface area contributed by atoms with Crippen LogP contribution in [0.1, 0.15) is 29.2 Å². The van der Waals surface area contributed by atoms with Crippen molar-refractivity contribution < 1.29 is 13.7 Å². The van der Waals surface area contributed by atoms with Gasteiger partial charge in [0.2, 0.25) is 5.91 Å². The molecule has 7 heteroatoms. The molecule has 126 valence electrons. The molecule has 0 aliphatic heterocycles. The van der Waals surface area contributed by atoms with Gasteiger partial charge in [-0.25, -0.2) is 0 Å². The van der Waals surface area contributed by atoms with E-state index in [1.807, 2.05) is 39.1 Å². The Bertz CT molecular complexity index is 824. The molecule has 1 N–H and O–H groups in total. The molecule has 0 aliphatic carbocycles. The first kappa shape index (κ1) is 16.0. The SMILES string of the molecule is Cc1noc(C)c1CCC(=O)NCc1ccc(-c2ccnn2C)o1. The molecule has 3 rings (SSSR count). The monoisotopic (exact) mass is 328 g/mol. The van der Waals surface area contributed by atoms with E-state index in [1.165, 1.54) is 0 Å². The Kier molecular flexibility index (Phi) is 4.50. The van der Waals surface area contributed by atoms with E-state index in [-0.39, 0.29) is 5.91 Å². The summed E-state index contributed by atoms with van der Waals surface area (Å²) < 4.78 is 12.6. The molecule has 0 unspecified atom stereocenters. The van der Waals surface area contributed by atoms with E-state index >= 15 is 0 Å². The van der Waals surface area contributed by atoms with E-state index in [9.17, 15) is 4.79 Å². The molecule has 0 aliphatic rings. The van der Waals surface area contributed by atoms with Crippen molar-refractivity contribution in [3.05, 3.63) is 47.2 Å². The lowest BCUT2D eigenvalue weighted by Gasteiger charge is -2.03. The fraction of sp³-hybridized carbons (Fsp3) is 0.353. The Morgan fingerprint density at radius 1 is 1.29 bits per heavy atom. The van der Waals surface area contributed by atoms with Crippen molar-refractivity contribution in [3.63, 3.8) is 0 Å². The number of rotatable bonds is 6. The molecule has 0 aromatic carbocycles. The van der Waals surface area contributed by atoms with Gasteiger partial charge in [-0.05, 0) is 38.5 Å². The lowest BCUT2D eigenvalue weighted by molar-refractivity contribution is -0.121. The van der Waals surface area contributed by atoms with Crippen molar-refractivity contribution in [2.75, 3.05) is 0 Å². The van der Waals surface area contributed by atoms with Crippen LogP contribution in [0.4, 0.5) is 0 Å². The zero-order chi connectivity index (χ0) is 17.1. The van der Waals surface area contributed by atoms with Crippen LogP contribution in [0.25, 0.3) is 11.5 Å². The molecular formula is C17H20N4O3. The predicted molar refractivity (Wildman–Crippen MR) is 87.1 cm³/mol. The Morgan fingerprint density at radius 2 is 2.12 bits per heavy atom. The zero-order valence-corrected chi connectivity index (χ0v) is 14.0. The summed E-state index contributed by atoms with van der Waals surface area (Å²) in [5.41, 5.74) is 2.74. The van der Waals surface area contributed by atoms with Gasteiger partial charge in [0.1, 0.15) is 17.2 Å². The van der Waals surface area contributed by atoms with E-state index in [1.54, 1.807) is 10.9 Å². The van der Waals surface area contributed by atoms with E-state index in [2.05, 4.69) is 15.6 Å². The highest BCUT2D eigenvalue weighted by Crippen LogP contribution is 2.21. The van der Waals surface area contributed by atoms with Crippen LogP contribution in [0.2, 0.25) is 0 Å². The summed E-state index contributed by atoms with van der Waals surface area (Å²) in [5.74, 6) is 2.17. The standard InChI is InChI=1S/C17H20N4O3/c1-11-14(12(2)24-20-11)5-7-17(22)18-10-13-4-6-16(23-13)15-8-9-19-21(15)3/h4,6,8-9H,5,7,10H2,1-3H3,(H,18,22). The Balaban J connectivity index is 1.52. The molecule has 3 aromatic heterocycles. The fourth-order valence-electron chi connectivity index (χ4n) is 2.60. The lowest BCUT2D eigenvalue weighted by atomic mass is 10.1. The van der Waals surface area contributed by atoms with Crippen molar-refractivity contribution >= 4 is 5.91 Å². The molecule has 0 spiro atoms. The van der Waals surface area contributed by atoms with Gasteiger partial charge in [0.15, 0.2) is 5.76 Å². The van der Waals surface area contributed by atoms with Gasteiger partial charge in [0, 0.05) is 25.2 Å². The van der Waals surface area contributed by atoms with Crippen molar-refractivity contribution in [1.82, 2.24) is 20.3 Å². The molecule has 0 saturated heterocycles. The Hall–Kier alpha value is -2.83. The largest absolute Gasteiger partial charge is 0.458 e. The summed E-state index contributed by atoms with van der Waals surface area (Å²) in [6.45, 7) is 4.10. The summed E-state index contributed by atoms with van der Waals surface area (Å²) in [6.07, 6.45) is 2.72. The second-order valence-electron chi connectivity index (χ2n) is 5.69. The molecule has 0 radical (unpaired) electrons. The van der Waals surface area contributed by atoms with Crippen LogP contribution in [0.5, 0.6) is 0 Å². The van der Waals surface area contributed by atoms with Crippen LogP contribution in [0, 0.1) is 13.8 Å². The molecule has 0 bridgehead atoms. The normalized spacial score (nSPS) is 11.0. The van der Waals surface area contributed by atoms with Crippen molar-refractivity contribution in [2.24, 2.45) is 7.05 Å². The van der Waals surface area contributed by atoms with Gasteiger partial charge in [0.05, 0.1) is 12.2 Å². The third-order valence-corrected chi connectivity index (χ3v) is 3.98. The first-order valence-electron chi connectivity index (χ1n) is 7.80. The number of amides is 1. The number of carbonyl (C=O) groups is 1. The number of hydrogen-bond donors (Lipinski definition) is 1. The van der Waals surface area contributed by atoms with Crippen molar-refractivity contribution in [3.8, 4) is 11.5 Å². The molecule has 3 aromatic rings. The highest BCUT2D eigenvalue weighted by Gasteiger charge is 2.12. The van der Waals surface area contributed by atoms with Crippen LogP contribution in [0.3, 0.4) is 0 Å². The smallest absolute Gasteiger partial charge is 0.220 e.